The van der Waals surface area contributed by atoms with Gasteiger partial charge in [0.15, 0.2) is 0 Å². The van der Waals surface area contributed by atoms with Crippen LogP contribution in [0.2, 0.25) is 0 Å². The van der Waals surface area contributed by atoms with Crippen LogP contribution in [0.4, 0.5) is 32.0 Å². The topological polar surface area (TPSA) is 78.5 Å². The molecule has 12 heteroatoms. The summed E-state index contributed by atoms with van der Waals surface area (Å²) in [5.74, 6) is -3.84. The number of amides is 3. The van der Waals surface area contributed by atoms with E-state index in [1.807, 2.05) is 0 Å². The van der Waals surface area contributed by atoms with Gasteiger partial charge in [-0.2, -0.15) is 26.3 Å². The first-order chi connectivity index (χ1) is 16.4. The van der Waals surface area contributed by atoms with Crippen LogP contribution in [0.15, 0.2) is 54.6 Å². The Labute approximate surface area is 196 Å². The quantitative estimate of drug-likeness (QED) is 0.589. The molecule has 3 rings (SSSR count). The molecule has 0 spiro atoms. The van der Waals surface area contributed by atoms with Gasteiger partial charge in [0.1, 0.15) is 12.1 Å². The molecule has 2 atom stereocenters. The number of rotatable bonds is 6. The number of nitrogens with zero attached hydrogens (tertiary/aromatic N) is 1. The second kappa shape index (κ2) is 10.4. The molecule has 0 radical (unpaired) electrons. The van der Waals surface area contributed by atoms with Crippen molar-refractivity contribution >= 4 is 23.4 Å². The van der Waals surface area contributed by atoms with Crippen molar-refractivity contribution in [2.45, 2.75) is 43.7 Å². The fraction of sp³-hybridized carbons (Fsp3) is 0.348. The Morgan fingerprint density at radius 3 is 2.14 bits per heavy atom. The molecule has 0 aromatic heterocycles. The number of hydrogen-bond donors (Lipinski definition) is 2. The van der Waals surface area contributed by atoms with E-state index in [1.165, 1.54) is 0 Å². The molecule has 1 heterocycles. The maximum Gasteiger partial charge on any atom is 0.471 e. The molecule has 0 aliphatic carbocycles. The third-order valence-corrected chi connectivity index (χ3v) is 5.46. The largest absolute Gasteiger partial charge is 0.471 e. The van der Waals surface area contributed by atoms with E-state index in [1.54, 1.807) is 35.6 Å². The second-order valence-corrected chi connectivity index (χ2v) is 7.97. The van der Waals surface area contributed by atoms with Crippen molar-refractivity contribution < 1.29 is 40.7 Å². The number of nitrogens with one attached hydrogen (secondary N) is 2. The van der Waals surface area contributed by atoms with Crippen LogP contribution in [0, 0.1) is 0 Å². The Balaban J connectivity index is 1.76. The number of halogens is 6. The van der Waals surface area contributed by atoms with Crippen molar-refractivity contribution in [3.8, 4) is 0 Å². The maximum atomic E-state index is 13.2. The average Bonchev–Trinajstić information content (AvgIpc) is 3.28. The maximum absolute atomic E-state index is 13.2. The highest BCUT2D eigenvalue weighted by Crippen LogP contribution is 2.30. The molecule has 1 aliphatic rings. The molecule has 0 bridgehead atoms. The first-order valence-corrected chi connectivity index (χ1v) is 10.6. The smallest absolute Gasteiger partial charge is 0.336 e. The van der Waals surface area contributed by atoms with E-state index < -0.39 is 47.7 Å². The van der Waals surface area contributed by atoms with Crippen molar-refractivity contribution in [3.05, 3.63) is 65.7 Å². The Bertz CT molecular complexity index is 1050. The third-order valence-electron chi connectivity index (χ3n) is 5.46. The van der Waals surface area contributed by atoms with Gasteiger partial charge in [-0.3, -0.25) is 14.4 Å². The second-order valence-electron chi connectivity index (χ2n) is 7.97. The van der Waals surface area contributed by atoms with E-state index in [2.05, 4.69) is 5.32 Å². The Morgan fingerprint density at radius 1 is 0.943 bits per heavy atom. The first kappa shape index (κ1) is 26.0. The molecule has 0 saturated carbocycles. The number of carbonyl (C=O) groups excluding carboxylic acids is 3. The van der Waals surface area contributed by atoms with Gasteiger partial charge in [0.25, 0.3) is 0 Å². The standard InChI is InChI=1S/C23H21F6N3O3/c24-22(25,26)15-8-10-16(11-9-15)30-19(33)18-7-4-12-32(18)20(34)17(31-21(35)23(27,28)29)13-14-5-2-1-3-6-14/h1-3,5-6,8-11,17-18H,4,7,12-13H2,(H,30,33)(H,31,35)/t17-,18-/m0/s1. The van der Waals surface area contributed by atoms with Gasteiger partial charge in [-0.25, -0.2) is 0 Å². The summed E-state index contributed by atoms with van der Waals surface area (Å²) in [4.78, 5) is 38.6. The zero-order valence-electron chi connectivity index (χ0n) is 18.1. The number of likely N-dealkylation sites (tertiary alicyclic amines) is 1. The Morgan fingerprint density at radius 2 is 1.57 bits per heavy atom. The van der Waals surface area contributed by atoms with Crippen LogP contribution in [-0.4, -0.2) is 47.4 Å². The lowest BCUT2D eigenvalue weighted by molar-refractivity contribution is -0.175. The van der Waals surface area contributed by atoms with E-state index in [4.69, 9.17) is 0 Å². The van der Waals surface area contributed by atoms with E-state index in [0.29, 0.717) is 12.0 Å². The summed E-state index contributed by atoms with van der Waals surface area (Å²) in [6, 6.07) is 9.14. The van der Waals surface area contributed by atoms with Crippen LogP contribution >= 0.6 is 0 Å². The van der Waals surface area contributed by atoms with Crippen LogP contribution in [0.5, 0.6) is 0 Å². The van der Waals surface area contributed by atoms with Crippen molar-refractivity contribution in [1.82, 2.24) is 10.2 Å². The molecule has 2 aromatic rings. The van der Waals surface area contributed by atoms with E-state index in [0.717, 1.165) is 29.2 Å². The van der Waals surface area contributed by atoms with Crippen molar-refractivity contribution in [2.75, 3.05) is 11.9 Å². The Hall–Kier alpha value is -3.57. The lowest BCUT2D eigenvalue weighted by Crippen LogP contribution is -2.55. The predicted octanol–water partition coefficient (Wildman–Crippen LogP) is 3.92. The molecule has 2 aromatic carbocycles. The summed E-state index contributed by atoms with van der Waals surface area (Å²) < 4.78 is 76.8. The predicted molar refractivity (Wildman–Crippen MR) is 113 cm³/mol. The lowest BCUT2D eigenvalue weighted by atomic mass is 10.0. The molecule has 188 valence electrons. The summed E-state index contributed by atoms with van der Waals surface area (Å²) in [7, 11) is 0. The van der Waals surface area contributed by atoms with Gasteiger partial charge in [0, 0.05) is 18.7 Å². The molecule has 1 aliphatic heterocycles. The van der Waals surface area contributed by atoms with Crippen molar-refractivity contribution in [2.24, 2.45) is 0 Å². The van der Waals surface area contributed by atoms with Gasteiger partial charge in [-0.05, 0) is 42.7 Å². The highest BCUT2D eigenvalue weighted by atomic mass is 19.4. The highest BCUT2D eigenvalue weighted by molar-refractivity contribution is 5.99. The normalized spacial score (nSPS) is 17.1. The average molecular weight is 501 g/mol. The summed E-state index contributed by atoms with van der Waals surface area (Å²) in [6.07, 6.45) is -9.41. The molecule has 1 fully saturated rings. The lowest BCUT2D eigenvalue weighted by Gasteiger charge is -2.29. The highest BCUT2D eigenvalue weighted by Gasteiger charge is 2.43. The zero-order chi connectivity index (χ0) is 25.8. The first-order valence-electron chi connectivity index (χ1n) is 10.6. The fourth-order valence-electron chi connectivity index (χ4n) is 3.76. The van der Waals surface area contributed by atoms with Crippen LogP contribution in [0.25, 0.3) is 0 Å². The summed E-state index contributed by atoms with van der Waals surface area (Å²) >= 11 is 0. The molecule has 35 heavy (non-hydrogen) atoms. The molecular formula is C23H21F6N3O3. The van der Waals surface area contributed by atoms with Gasteiger partial charge in [0.05, 0.1) is 5.56 Å². The van der Waals surface area contributed by atoms with Crippen LogP contribution in [0.1, 0.15) is 24.0 Å². The molecular weight excluding hydrogens is 480 g/mol. The van der Waals surface area contributed by atoms with Crippen molar-refractivity contribution in [3.63, 3.8) is 0 Å². The van der Waals surface area contributed by atoms with Gasteiger partial charge >= 0.3 is 18.3 Å². The Kier molecular flexibility index (Phi) is 7.71. The summed E-state index contributed by atoms with van der Waals surface area (Å²) in [6.45, 7) is 0.0666. The zero-order valence-corrected chi connectivity index (χ0v) is 18.1. The molecule has 0 unspecified atom stereocenters. The van der Waals surface area contributed by atoms with Gasteiger partial charge in [-0.1, -0.05) is 30.3 Å². The van der Waals surface area contributed by atoms with E-state index >= 15 is 0 Å². The van der Waals surface area contributed by atoms with Gasteiger partial charge < -0.3 is 15.5 Å². The minimum absolute atomic E-state index is 0.0634. The SMILES string of the molecule is O=C(Nc1ccc(C(F)(F)F)cc1)[C@@H]1CCCN1C(=O)[C@H](Cc1ccccc1)NC(=O)C(F)(F)F. The van der Waals surface area contributed by atoms with Crippen LogP contribution in [-0.2, 0) is 27.0 Å². The van der Waals surface area contributed by atoms with Gasteiger partial charge in [0.2, 0.25) is 11.8 Å². The number of anilines is 1. The number of carbonyl (C=O) groups is 3. The van der Waals surface area contributed by atoms with Crippen LogP contribution < -0.4 is 10.6 Å². The number of alkyl halides is 6. The molecule has 3 amide bonds. The minimum atomic E-state index is -5.21. The summed E-state index contributed by atoms with van der Waals surface area (Å²) in [5.41, 5.74) is -0.343. The van der Waals surface area contributed by atoms with Crippen LogP contribution in [0.3, 0.4) is 0 Å². The monoisotopic (exact) mass is 501 g/mol. The molecule has 1 saturated heterocycles. The third kappa shape index (κ3) is 6.74. The molecule has 2 N–H and O–H groups in total. The minimum Gasteiger partial charge on any atom is -0.336 e. The number of hydrogen-bond acceptors (Lipinski definition) is 3. The number of benzene rings is 2. The molecule has 6 nitrogen and oxygen atoms in total. The summed E-state index contributed by atoms with van der Waals surface area (Å²) in [5, 5.41) is 4.15. The fourth-order valence-corrected chi connectivity index (χ4v) is 3.76. The van der Waals surface area contributed by atoms with Crippen molar-refractivity contribution in [1.29, 1.82) is 0 Å². The van der Waals surface area contributed by atoms with Gasteiger partial charge in [-0.15, -0.1) is 0 Å². The van der Waals surface area contributed by atoms with E-state index in [9.17, 15) is 40.7 Å². The van der Waals surface area contributed by atoms with E-state index in [-0.39, 0.29) is 25.1 Å².